The van der Waals surface area contributed by atoms with Gasteiger partial charge in [-0.25, -0.2) is 8.42 Å². The molecule has 1 aliphatic rings. The average molecular weight is 475 g/mol. The molecule has 0 heterocycles. The first kappa shape index (κ1) is 23.9. The minimum absolute atomic E-state index is 0. The number of guanidine groups is 1. The highest BCUT2D eigenvalue weighted by Gasteiger charge is 2.34. The Bertz CT molecular complexity index is 501. The lowest BCUT2D eigenvalue weighted by molar-refractivity contribution is 0.138. The Kier molecular flexibility index (Phi) is 10.1. The lowest BCUT2D eigenvalue weighted by Gasteiger charge is -2.30. The van der Waals surface area contributed by atoms with E-state index in [0.717, 1.165) is 19.6 Å². The molecule has 0 spiro atoms. The molecule has 0 saturated heterocycles. The van der Waals surface area contributed by atoms with E-state index in [1.165, 1.54) is 31.9 Å². The maximum absolute atomic E-state index is 11.8. The number of hydrogen-bond acceptors (Lipinski definition) is 4. The first-order chi connectivity index (χ1) is 10.7. The summed E-state index contributed by atoms with van der Waals surface area (Å²) in [6.45, 7) is 5.39. The fourth-order valence-electron chi connectivity index (χ4n) is 2.88. The summed E-state index contributed by atoms with van der Waals surface area (Å²) in [5.41, 5.74) is 0.264. The van der Waals surface area contributed by atoms with Crippen LogP contribution in [-0.4, -0.2) is 59.2 Å². The number of methoxy groups -OCH3 is 1. The Morgan fingerprint density at radius 1 is 1.25 bits per heavy atom. The number of nitrogens with one attached hydrogen (secondary N) is 2. The zero-order valence-electron chi connectivity index (χ0n) is 15.6. The molecule has 1 rings (SSSR count). The quantitative estimate of drug-likeness (QED) is 0.320. The molecule has 0 aliphatic heterocycles. The monoisotopic (exact) mass is 475 g/mol. The zero-order chi connectivity index (χ0) is 17.6. The molecule has 8 heteroatoms. The molecular formula is C16H34IN3O3S. The van der Waals surface area contributed by atoms with Crippen molar-refractivity contribution < 1.29 is 13.2 Å². The van der Waals surface area contributed by atoms with Crippen LogP contribution in [0, 0.1) is 5.41 Å². The van der Waals surface area contributed by atoms with Crippen molar-refractivity contribution in [3.05, 3.63) is 0 Å². The van der Waals surface area contributed by atoms with Gasteiger partial charge in [-0.3, -0.25) is 4.99 Å². The molecule has 0 bridgehead atoms. The number of sulfone groups is 1. The molecule has 0 aromatic heterocycles. The third-order valence-corrected chi connectivity index (χ3v) is 7.19. The van der Waals surface area contributed by atoms with E-state index in [9.17, 15) is 8.42 Å². The number of rotatable bonds is 8. The second kappa shape index (κ2) is 10.2. The third-order valence-electron chi connectivity index (χ3n) is 5.04. The van der Waals surface area contributed by atoms with E-state index < -0.39 is 14.6 Å². The number of halogens is 1. The predicted octanol–water partition coefficient (Wildman–Crippen LogP) is 2.19. The van der Waals surface area contributed by atoms with Crippen molar-refractivity contribution in [3.63, 3.8) is 0 Å². The van der Waals surface area contributed by atoms with Crippen LogP contribution in [-0.2, 0) is 14.6 Å². The number of ether oxygens (including phenoxy) is 1. The predicted molar refractivity (Wildman–Crippen MR) is 111 cm³/mol. The normalized spacial score (nSPS) is 18.1. The highest BCUT2D eigenvalue weighted by Crippen LogP contribution is 2.40. The lowest BCUT2D eigenvalue weighted by Crippen LogP contribution is -2.49. The Morgan fingerprint density at radius 2 is 1.83 bits per heavy atom. The molecular weight excluding hydrogens is 441 g/mol. The molecule has 2 N–H and O–H groups in total. The molecule has 1 saturated carbocycles. The summed E-state index contributed by atoms with van der Waals surface area (Å²) in [4.78, 5) is 4.21. The molecule has 6 nitrogen and oxygen atoms in total. The van der Waals surface area contributed by atoms with Crippen molar-refractivity contribution in [2.75, 3.05) is 40.1 Å². The second-order valence-electron chi connectivity index (χ2n) is 7.26. The van der Waals surface area contributed by atoms with Gasteiger partial charge in [0.15, 0.2) is 15.8 Å². The van der Waals surface area contributed by atoms with Crippen molar-refractivity contribution in [2.45, 2.75) is 50.7 Å². The van der Waals surface area contributed by atoms with Crippen LogP contribution in [0.15, 0.2) is 4.99 Å². The zero-order valence-corrected chi connectivity index (χ0v) is 18.8. The fraction of sp³-hybridized carbons (Fsp3) is 0.938. The SMILES string of the molecule is CN=C(NCC1(CCOC)CCCC1)NCC(C)(C)S(C)(=O)=O.I. The highest BCUT2D eigenvalue weighted by molar-refractivity contribution is 14.0. The fourth-order valence-corrected chi connectivity index (χ4v) is 3.21. The van der Waals surface area contributed by atoms with Gasteiger partial charge in [-0.05, 0) is 38.5 Å². The van der Waals surface area contributed by atoms with Crippen molar-refractivity contribution in [3.8, 4) is 0 Å². The van der Waals surface area contributed by atoms with Crippen molar-refractivity contribution in [1.82, 2.24) is 10.6 Å². The maximum atomic E-state index is 11.8. The van der Waals surface area contributed by atoms with Crippen LogP contribution in [0.3, 0.4) is 0 Å². The van der Waals surface area contributed by atoms with Crippen LogP contribution in [0.2, 0.25) is 0 Å². The van der Waals surface area contributed by atoms with Gasteiger partial charge in [0.2, 0.25) is 0 Å². The van der Waals surface area contributed by atoms with Crippen LogP contribution in [0.4, 0.5) is 0 Å². The molecule has 0 aromatic rings. The molecule has 0 aromatic carbocycles. The van der Waals surface area contributed by atoms with Crippen LogP contribution in [0.25, 0.3) is 0 Å². The van der Waals surface area contributed by atoms with E-state index in [2.05, 4.69) is 15.6 Å². The summed E-state index contributed by atoms with van der Waals surface area (Å²) < 4.78 is 28.0. The standard InChI is InChI=1S/C16H33N3O3S.HI/c1-15(2,23(5,20)21)12-18-14(17-3)19-13-16(10-11-22-4)8-6-7-9-16;/h6-13H2,1-5H3,(H2,17,18,19);1H. The lowest BCUT2D eigenvalue weighted by atomic mass is 9.83. The van der Waals surface area contributed by atoms with Gasteiger partial charge in [0.25, 0.3) is 0 Å². The smallest absolute Gasteiger partial charge is 0.191 e. The average Bonchev–Trinajstić information content (AvgIpc) is 2.93. The summed E-state index contributed by atoms with van der Waals surface area (Å²) in [6.07, 6.45) is 7.24. The Balaban J connectivity index is 0.00000529. The van der Waals surface area contributed by atoms with Gasteiger partial charge in [0.1, 0.15) is 0 Å². The van der Waals surface area contributed by atoms with Crippen LogP contribution in [0.1, 0.15) is 46.0 Å². The number of aliphatic imine (C=N–C) groups is 1. The highest BCUT2D eigenvalue weighted by atomic mass is 127. The van der Waals surface area contributed by atoms with E-state index in [1.54, 1.807) is 28.0 Å². The topological polar surface area (TPSA) is 79.8 Å². The first-order valence-electron chi connectivity index (χ1n) is 8.29. The third kappa shape index (κ3) is 7.03. The van der Waals surface area contributed by atoms with E-state index in [1.807, 2.05) is 0 Å². The molecule has 144 valence electrons. The minimum atomic E-state index is -3.12. The molecule has 0 radical (unpaired) electrons. The largest absolute Gasteiger partial charge is 0.385 e. The second-order valence-corrected chi connectivity index (χ2v) is 9.91. The van der Waals surface area contributed by atoms with E-state index in [0.29, 0.717) is 12.5 Å². The number of nitrogens with zero attached hydrogens (tertiary/aromatic N) is 1. The molecule has 0 unspecified atom stereocenters. The van der Waals surface area contributed by atoms with Crippen LogP contribution in [0.5, 0.6) is 0 Å². The Labute approximate surface area is 164 Å². The summed E-state index contributed by atoms with van der Waals surface area (Å²) in [6, 6.07) is 0. The van der Waals surface area contributed by atoms with Gasteiger partial charge >= 0.3 is 0 Å². The molecule has 24 heavy (non-hydrogen) atoms. The van der Waals surface area contributed by atoms with E-state index in [4.69, 9.17) is 4.74 Å². The molecule has 1 fully saturated rings. The summed E-state index contributed by atoms with van der Waals surface area (Å²) in [5.74, 6) is 0.658. The molecule has 0 amide bonds. The molecule has 1 aliphatic carbocycles. The van der Waals surface area contributed by atoms with Gasteiger partial charge in [-0.1, -0.05) is 12.8 Å². The number of hydrogen-bond donors (Lipinski definition) is 2. The Hall–Kier alpha value is -0.0900. The van der Waals surface area contributed by atoms with Gasteiger partial charge in [0.05, 0.1) is 4.75 Å². The Morgan fingerprint density at radius 3 is 2.29 bits per heavy atom. The van der Waals surface area contributed by atoms with Crippen LogP contribution < -0.4 is 10.6 Å². The summed E-state index contributed by atoms with van der Waals surface area (Å²) in [5, 5.41) is 6.52. The van der Waals surface area contributed by atoms with E-state index >= 15 is 0 Å². The van der Waals surface area contributed by atoms with Gasteiger partial charge in [-0.2, -0.15) is 0 Å². The summed E-state index contributed by atoms with van der Waals surface area (Å²) >= 11 is 0. The molecule has 0 atom stereocenters. The first-order valence-corrected chi connectivity index (χ1v) is 10.2. The van der Waals surface area contributed by atoms with Gasteiger partial charge < -0.3 is 15.4 Å². The van der Waals surface area contributed by atoms with Crippen molar-refractivity contribution in [1.29, 1.82) is 0 Å². The van der Waals surface area contributed by atoms with Gasteiger partial charge in [0, 0.05) is 40.1 Å². The van der Waals surface area contributed by atoms with Crippen molar-refractivity contribution in [2.24, 2.45) is 10.4 Å². The van der Waals surface area contributed by atoms with Crippen molar-refractivity contribution >= 4 is 39.8 Å². The minimum Gasteiger partial charge on any atom is -0.385 e. The van der Waals surface area contributed by atoms with E-state index in [-0.39, 0.29) is 29.4 Å². The van der Waals surface area contributed by atoms with Crippen LogP contribution >= 0.6 is 24.0 Å². The van der Waals surface area contributed by atoms with Gasteiger partial charge in [-0.15, -0.1) is 24.0 Å². The summed E-state index contributed by atoms with van der Waals surface area (Å²) in [7, 11) is 0.325. The maximum Gasteiger partial charge on any atom is 0.191 e.